The van der Waals surface area contributed by atoms with Crippen LogP contribution in [-0.2, 0) is 0 Å². The molecule has 1 aromatic carbocycles. The Bertz CT molecular complexity index is 369. The Labute approximate surface area is 76.6 Å². The molecule has 2 N–H and O–H groups in total. The van der Waals surface area contributed by atoms with E-state index in [1.807, 2.05) is 6.92 Å². The molecule has 1 aromatic rings. The third-order valence-corrected chi connectivity index (χ3v) is 2.12. The summed E-state index contributed by atoms with van der Waals surface area (Å²) in [6, 6.07) is 3.36. The van der Waals surface area contributed by atoms with Gasteiger partial charge in [-0.2, -0.15) is 0 Å². The number of aldehydes is 1. The summed E-state index contributed by atoms with van der Waals surface area (Å²) in [6.45, 7) is 3.54. The maximum Gasteiger partial charge on any atom is 0.248 e. The minimum Gasteiger partial charge on any atom is -0.366 e. The Morgan fingerprint density at radius 3 is 2.46 bits per heavy atom. The van der Waals surface area contributed by atoms with Gasteiger partial charge >= 0.3 is 0 Å². The quantitative estimate of drug-likeness (QED) is 0.690. The van der Waals surface area contributed by atoms with Crippen molar-refractivity contribution in [3.63, 3.8) is 0 Å². The number of benzene rings is 1. The molecule has 0 saturated carbocycles. The van der Waals surface area contributed by atoms with Gasteiger partial charge in [0.2, 0.25) is 5.91 Å². The van der Waals surface area contributed by atoms with Gasteiger partial charge in [-0.1, -0.05) is 6.07 Å². The van der Waals surface area contributed by atoms with E-state index in [2.05, 4.69) is 0 Å². The molecule has 0 aliphatic heterocycles. The Hall–Kier alpha value is -1.64. The molecule has 0 radical (unpaired) electrons. The molecular formula is C10H11NO2. The lowest BCUT2D eigenvalue weighted by molar-refractivity contribution is 0.0999. The number of carbonyl (C=O) groups excluding carboxylic acids is 2. The van der Waals surface area contributed by atoms with Crippen molar-refractivity contribution >= 4 is 12.2 Å². The highest BCUT2D eigenvalue weighted by Gasteiger charge is 2.09. The average molecular weight is 177 g/mol. The molecule has 0 aliphatic carbocycles. The van der Waals surface area contributed by atoms with Gasteiger partial charge in [0.05, 0.1) is 0 Å². The summed E-state index contributed by atoms with van der Waals surface area (Å²) in [5, 5.41) is 0. The Morgan fingerprint density at radius 1 is 1.38 bits per heavy atom. The predicted octanol–water partition coefficient (Wildman–Crippen LogP) is 1.21. The molecule has 1 amide bonds. The van der Waals surface area contributed by atoms with E-state index in [-0.39, 0.29) is 0 Å². The number of amides is 1. The second-order valence-electron chi connectivity index (χ2n) is 2.95. The van der Waals surface area contributed by atoms with Crippen LogP contribution in [0.2, 0.25) is 0 Å². The maximum atomic E-state index is 10.9. The molecule has 0 spiro atoms. The lowest BCUT2D eigenvalue weighted by Gasteiger charge is -2.06. The number of carbonyl (C=O) groups is 2. The summed E-state index contributed by atoms with van der Waals surface area (Å²) in [6.07, 6.45) is 0.747. The van der Waals surface area contributed by atoms with Crippen LogP contribution in [0.5, 0.6) is 0 Å². The van der Waals surface area contributed by atoms with Gasteiger partial charge in [-0.05, 0) is 31.0 Å². The van der Waals surface area contributed by atoms with Crippen LogP contribution in [0.15, 0.2) is 12.1 Å². The summed E-state index contributed by atoms with van der Waals surface area (Å²) in [5.74, 6) is -0.499. The second kappa shape index (κ2) is 3.39. The van der Waals surface area contributed by atoms with E-state index in [4.69, 9.17) is 5.73 Å². The van der Waals surface area contributed by atoms with Crippen LogP contribution in [0, 0.1) is 13.8 Å². The standard InChI is InChI=1S/C10H11NO2/c1-6-3-4-8(10(11)13)7(2)9(6)5-12/h3-5H,1-2H3,(H2,11,13). The molecule has 13 heavy (non-hydrogen) atoms. The summed E-state index contributed by atoms with van der Waals surface area (Å²) < 4.78 is 0. The number of primary amides is 1. The summed E-state index contributed by atoms with van der Waals surface area (Å²) in [4.78, 5) is 21.6. The summed E-state index contributed by atoms with van der Waals surface area (Å²) in [7, 11) is 0. The minimum atomic E-state index is -0.499. The van der Waals surface area contributed by atoms with Crippen molar-refractivity contribution in [3.8, 4) is 0 Å². The Morgan fingerprint density at radius 2 is 2.00 bits per heavy atom. The van der Waals surface area contributed by atoms with E-state index in [1.165, 1.54) is 0 Å². The summed E-state index contributed by atoms with van der Waals surface area (Å²) >= 11 is 0. The average Bonchev–Trinajstić information content (AvgIpc) is 2.04. The normalized spacial score (nSPS) is 9.69. The van der Waals surface area contributed by atoms with Gasteiger partial charge in [0, 0.05) is 11.1 Å². The first-order chi connectivity index (χ1) is 6.07. The van der Waals surface area contributed by atoms with Crippen molar-refractivity contribution in [2.24, 2.45) is 5.73 Å². The minimum absolute atomic E-state index is 0.410. The molecule has 0 fully saturated rings. The van der Waals surface area contributed by atoms with Crippen molar-refractivity contribution in [3.05, 3.63) is 34.4 Å². The van der Waals surface area contributed by atoms with Gasteiger partial charge < -0.3 is 5.73 Å². The van der Waals surface area contributed by atoms with Crippen molar-refractivity contribution in [2.75, 3.05) is 0 Å². The number of hydrogen-bond acceptors (Lipinski definition) is 2. The van der Waals surface area contributed by atoms with E-state index in [1.54, 1.807) is 19.1 Å². The highest BCUT2D eigenvalue weighted by atomic mass is 16.1. The fourth-order valence-corrected chi connectivity index (χ4v) is 1.31. The molecule has 3 heteroatoms. The first kappa shape index (κ1) is 9.45. The highest BCUT2D eigenvalue weighted by Crippen LogP contribution is 2.15. The number of aryl methyl sites for hydroxylation is 1. The van der Waals surface area contributed by atoms with Crippen molar-refractivity contribution in [1.82, 2.24) is 0 Å². The molecule has 0 saturated heterocycles. The fourth-order valence-electron chi connectivity index (χ4n) is 1.31. The smallest absolute Gasteiger partial charge is 0.248 e. The van der Waals surface area contributed by atoms with E-state index in [9.17, 15) is 9.59 Å². The summed E-state index contributed by atoms with van der Waals surface area (Å²) in [5.41, 5.74) is 7.61. The van der Waals surface area contributed by atoms with Crippen LogP contribution >= 0.6 is 0 Å². The lowest BCUT2D eigenvalue weighted by atomic mass is 9.98. The molecule has 0 atom stereocenters. The van der Waals surface area contributed by atoms with Crippen molar-refractivity contribution < 1.29 is 9.59 Å². The third kappa shape index (κ3) is 1.59. The molecular weight excluding hydrogens is 166 g/mol. The van der Waals surface area contributed by atoms with E-state index >= 15 is 0 Å². The molecule has 1 rings (SSSR count). The van der Waals surface area contributed by atoms with Crippen molar-refractivity contribution in [2.45, 2.75) is 13.8 Å². The van der Waals surface area contributed by atoms with Crippen LogP contribution in [0.4, 0.5) is 0 Å². The van der Waals surface area contributed by atoms with Crippen LogP contribution in [0.25, 0.3) is 0 Å². The number of rotatable bonds is 2. The lowest BCUT2D eigenvalue weighted by Crippen LogP contribution is -2.14. The molecule has 3 nitrogen and oxygen atoms in total. The SMILES string of the molecule is Cc1ccc(C(N)=O)c(C)c1C=O. The van der Waals surface area contributed by atoms with Crippen LogP contribution < -0.4 is 5.73 Å². The zero-order valence-electron chi connectivity index (χ0n) is 7.63. The van der Waals surface area contributed by atoms with Crippen molar-refractivity contribution in [1.29, 1.82) is 0 Å². The van der Waals surface area contributed by atoms with Gasteiger partial charge in [-0.25, -0.2) is 0 Å². The predicted molar refractivity (Wildman–Crippen MR) is 49.8 cm³/mol. The van der Waals surface area contributed by atoms with E-state index in [0.717, 1.165) is 11.8 Å². The van der Waals surface area contributed by atoms with Gasteiger partial charge in [-0.3, -0.25) is 9.59 Å². The van der Waals surface area contributed by atoms with Crippen LogP contribution in [-0.4, -0.2) is 12.2 Å². The Balaban J connectivity index is 3.44. The Kier molecular flexibility index (Phi) is 2.46. The largest absolute Gasteiger partial charge is 0.366 e. The molecule has 0 unspecified atom stereocenters. The highest BCUT2D eigenvalue weighted by molar-refractivity contribution is 5.97. The monoisotopic (exact) mass is 177 g/mol. The van der Waals surface area contributed by atoms with E-state index in [0.29, 0.717) is 16.7 Å². The molecule has 0 aliphatic rings. The molecule has 0 heterocycles. The number of nitrogens with two attached hydrogens (primary N) is 1. The zero-order chi connectivity index (χ0) is 10.0. The van der Waals surface area contributed by atoms with Gasteiger partial charge in [0.15, 0.2) is 6.29 Å². The van der Waals surface area contributed by atoms with Crippen LogP contribution in [0.1, 0.15) is 31.8 Å². The van der Waals surface area contributed by atoms with Gasteiger partial charge in [0.1, 0.15) is 0 Å². The first-order valence-electron chi connectivity index (χ1n) is 3.93. The van der Waals surface area contributed by atoms with Crippen LogP contribution in [0.3, 0.4) is 0 Å². The molecule has 0 aromatic heterocycles. The maximum absolute atomic E-state index is 10.9. The van der Waals surface area contributed by atoms with E-state index < -0.39 is 5.91 Å². The van der Waals surface area contributed by atoms with Gasteiger partial charge in [-0.15, -0.1) is 0 Å². The molecule has 0 bridgehead atoms. The fraction of sp³-hybridized carbons (Fsp3) is 0.200. The first-order valence-corrected chi connectivity index (χ1v) is 3.93. The second-order valence-corrected chi connectivity index (χ2v) is 2.95. The zero-order valence-corrected chi connectivity index (χ0v) is 7.63. The topological polar surface area (TPSA) is 60.2 Å². The molecule has 68 valence electrons. The van der Waals surface area contributed by atoms with Gasteiger partial charge in [0.25, 0.3) is 0 Å². The third-order valence-electron chi connectivity index (χ3n) is 2.12. The number of hydrogen-bond donors (Lipinski definition) is 1.